The summed E-state index contributed by atoms with van der Waals surface area (Å²) in [6, 6.07) is 13.6. The fourth-order valence-corrected chi connectivity index (χ4v) is 1.71. The smallest absolute Gasteiger partial charge is 0.123 e. The fraction of sp³-hybridized carbons (Fsp3) is 0.188. The van der Waals surface area contributed by atoms with Gasteiger partial charge in [-0.2, -0.15) is 5.10 Å². The zero-order valence-corrected chi connectivity index (χ0v) is 11.9. The number of rotatable bonds is 5. The van der Waals surface area contributed by atoms with Crippen LogP contribution in [0.2, 0.25) is 0 Å². The van der Waals surface area contributed by atoms with Gasteiger partial charge in [0.15, 0.2) is 0 Å². The summed E-state index contributed by atoms with van der Waals surface area (Å²) < 4.78 is 10.4. The van der Waals surface area contributed by atoms with Gasteiger partial charge in [-0.1, -0.05) is 17.7 Å². The average molecular weight is 270 g/mol. The minimum atomic E-state index is 0.737. The minimum Gasteiger partial charge on any atom is -0.497 e. The molecule has 0 aliphatic heterocycles. The Balaban J connectivity index is 2.08. The highest BCUT2D eigenvalue weighted by atomic mass is 16.5. The van der Waals surface area contributed by atoms with E-state index in [1.165, 1.54) is 5.56 Å². The van der Waals surface area contributed by atoms with Crippen LogP contribution in [-0.2, 0) is 0 Å². The standard InChI is InChI=1S/C16H18N2O2/c1-12-4-6-14(7-5-12)18-17-11-13-8-15(19-2)10-16(9-13)20-3/h4-11,18H,1-3H3/b17-11+. The number of hydrogen-bond acceptors (Lipinski definition) is 4. The number of benzene rings is 2. The maximum absolute atomic E-state index is 5.21. The van der Waals surface area contributed by atoms with E-state index in [0.717, 1.165) is 22.7 Å². The van der Waals surface area contributed by atoms with Crippen molar-refractivity contribution in [2.45, 2.75) is 6.92 Å². The van der Waals surface area contributed by atoms with Gasteiger partial charge in [0.25, 0.3) is 0 Å². The molecule has 0 radical (unpaired) electrons. The molecule has 0 bridgehead atoms. The van der Waals surface area contributed by atoms with E-state index in [2.05, 4.69) is 17.5 Å². The molecule has 4 heteroatoms. The number of aryl methyl sites for hydroxylation is 1. The Labute approximate surface area is 119 Å². The molecule has 0 aliphatic rings. The molecule has 2 aromatic rings. The van der Waals surface area contributed by atoms with Crippen molar-refractivity contribution < 1.29 is 9.47 Å². The first-order valence-corrected chi connectivity index (χ1v) is 6.30. The van der Waals surface area contributed by atoms with E-state index in [4.69, 9.17) is 9.47 Å². The first-order valence-electron chi connectivity index (χ1n) is 6.30. The molecule has 4 nitrogen and oxygen atoms in total. The lowest BCUT2D eigenvalue weighted by Gasteiger charge is -2.05. The SMILES string of the molecule is COc1cc(/C=N/Nc2ccc(C)cc2)cc(OC)c1. The summed E-state index contributed by atoms with van der Waals surface area (Å²) in [5.41, 5.74) is 6.05. The van der Waals surface area contributed by atoms with Crippen LogP contribution in [0.3, 0.4) is 0 Å². The third kappa shape index (κ3) is 3.75. The van der Waals surface area contributed by atoms with Gasteiger partial charge in [0.05, 0.1) is 26.1 Å². The normalized spacial score (nSPS) is 10.6. The van der Waals surface area contributed by atoms with E-state index in [-0.39, 0.29) is 0 Å². The van der Waals surface area contributed by atoms with E-state index >= 15 is 0 Å². The zero-order chi connectivity index (χ0) is 14.4. The molecule has 0 aromatic heterocycles. The minimum absolute atomic E-state index is 0.737. The van der Waals surface area contributed by atoms with Crippen LogP contribution in [0.5, 0.6) is 11.5 Å². The summed E-state index contributed by atoms with van der Waals surface area (Å²) in [7, 11) is 3.25. The molecule has 1 N–H and O–H groups in total. The highest BCUT2D eigenvalue weighted by Crippen LogP contribution is 2.21. The van der Waals surface area contributed by atoms with Gasteiger partial charge in [-0.05, 0) is 31.2 Å². The Kier molecular flexibility index (Phi) is 4.60. The highest BCUT2D eigenvalue weighted by Gasteiger charge is 1.99. The van der Waals surface area contributed by atoms with Crippen LogP contribution in [0.15, 0.2) is 47.6 Å². The number of methoxy groups -OCH3 is 2. The van der Waals surface area contributed by atoms with Gasteiger partial charge in [-0.15, -0.1) is 0 Å². The number of nitrogens with zero attached hydrogens (tertiary/aromatic N) is 1. The largest absolute Gasteiger partial charge is 0.497 e. The molecule has 20 heavy (non-hydrogen) atoms. The van der Waals surface area contributed by atoms with E-state index in [0.29, 0.717) is 0 Å². The topological polar surface area (TPSA) is 42.8 Å². The number of ether oxygens (including phenoxy) is 2. The first kappa shape index (κ1) is 13.9. The Morgan fingerprint density at radius 3 is 2.10 bits per heavy atom. The van der Waals surface area contributed by atoms with Crippen LogP contribution in [0.25, 0.3) is 0 Å². The number of hydrazone groups is 1. The monoisotopic (exact) mass is 270 g/mol. The van der Waals surface area contributed by atoms with Gasteiger partial charge in [-0.25, -0.2) is 0 Å². The van der Waals surface area contributed by atoms with Gasteiger partial charge in [0.1, 0.15) is 11.5 Å². The van der Waals surface area contributed by atoms with E-state index in [1.807, 2.05) is 42.5 Å². The molecule has 0 atom stereocenters. The van der Waals surface area contributed by atoms with Gasteiger partial charge < -0.3 is 9.47 Å². The summed E-state index contributed by atoms with van der Waals surface area (Å²) in [5.74, 6) is 1.47. The maximum atomic E-state index is 5.21. The molecule has 104 valence electrons. The maximum Gasteiger partial charge on any atom is 0.123 e. The van der Waals surface area contributed by atoms with E-state index < -0.39 is 0 Å². The Hall–Kier alpha value is -2.49. The highest BCUT2D eigenvalue weighted by molar-refractivity contribution is 5.81. The summed E-state index contributed by atoms with van der Waals surface area (Å²) in [5, 5.41) is 4.21. The lowest BCUT2D eigenvalue weighted by Crippen LogP contribution is -1.93. The van der Waals surface area contributed by atoms with Crippen molar-refractivity contribution in [2.24, 2.45) is 5.10 Å². The molecule has 0 saturated heterocycles. The molecule has 2 rings (SSSR count). The predicted octanol–water partition coefficient (Wildman–Crippen LogP) is 3.46. The average Bonchev–Trinajstić information content (AvgIpc) is 2.49. The van der Waals surface area contributed by atoms with Crippen LogP contribution in [0.4, 0.5) is 5.69 Å². The third-order valence-corrected chi connectivity index (χ3v) is 2.83. The van der Waals surface area contributed by atoms with Gasteiger partial charge in [-0.3, -0.25) is 5.43 Å². The fourth-order valence-electron chi connectivity index (χ4n) is 1.71. The van der Waals surface area contributed by atoms with E-state index in [9.17, 15) is 0 Å². The lowest BCUT2D eigenvalue weighted by atomic mass is 10.2. The van der Waals surface area contributed by atoms with Crippen molar-refractivity contribution in [2.75, 3.05) is 19.6 Å². The molecular weight excluding hydrogens is 252 g/mol. The number of anilines is 1. The molecule has 0 heterocycles. The lowest BCUT2D eigenvalue weighted by molar-refractivity contribution is 0.394. The zero-order valence-electron chi connectivity index (χ0n) is 11.9. The second-order valence-electron chi connectivity index (χ2n) is 4.38. The van der Waals surface area contributed by atoms with Gasteiger partial charge in [0, 0.05) is 11.6 Å². The van der Waals surface area contributed by atoms with Gasteiger partial charge >= 0.3 is 0 Å². The third-order valence-electron chi connectivity index (χ3n) is 2.83. The van der Waals surface area contributed by atoms with Gasteiger partial charge in [0.2, 0.25) is 0 Å². The second kappa shape index (κ2) is 6.61. The molecule has 0 amide bonds. The van der Waals surface area contributed by atoms with Crippen LogP contribution in [0.1, 0.15) is 11.1 Å². The molecule has 0 aliphatic carbocycles. The van der Waals surface area contributed by atoms with Crippen LogP contribution in [-0.4, -0.2) is 20.4 Å². The predicted molar refractivity (Wildman–Crippen MR) is 81.9 cm³/mol. The van der Waals surface area contributed by atoms with Crippen molar-refractivity contribution in [3.05, 3.63) is 53.6 Å². The molecule has 2 aromatic carbocycles. The van der Waals surface area contributed by atoms with Crippen molar-refractivity contribution >= 4 is 11.9 Å². The van der Waals surface area contributed by atoms with Crippen LogP contribution < -0.4 is 14.9 Å². The molecule has 0 spiro atoms. The summed E-state index contributed by atoms with van der Waals surface area (Å²) in [6.45, 7) is 2.05. The molecular formula is C16H18N2O2. The molecule has 0 unspecified atom stereocenters. The Bertz CT molecular complexity index is 570. The van der Waals surface area contributed by atoms with Crippen molar-refractivity contribution in [1.82, 2.24) is 0 Å². The van der Waals surface area contributed by atoms with E-state index in [1.54, 1.807) is 20.4 Å². The van der Waals surface area contributed by atoms with Crippen molar-refractivity contribution in [1.29, 1.82) is 0 Å². The van der Waals surface area contributed by atoms with Crippen LogP contribution >= 0.6 is 0 Å². The van der Waals surface area contributed by atoms with Crippen molar-refractivity contribution in [3.8, 4) is 11.5 Å². The first-order chi connectivity index (χ1) is 9.71. The molecule has 0 fully saturated rings. The molecule has 0 saturated carbocycles. The number of nitrogens with one attached hydrogen (secondary N) is 1. The summed E-state index contributed by atoms with van der Waals surface area (Å²) >= 11 is 0. The summed E-state index contributed by atoms with van der Waals surface area (Å²) in [6.07, 6.45) is 1.73. The quantitative estimate of drug-likeness (QED) is 0.668. The van der Waals surface area contributed by atoms with Crippen LogP contribution in [0, 0.1) is 6.92 Å². The second-order valence-corrected chi connectivity index (χ2v) is 4.38. The number of hydrogen-bond donors (Lipinski definition) is 1. The summed E-state index contributed by atoms with van der Waals surface area (Å²) in [4.78, 5) is 0. The van der Waals surface area contributed by atoms with Crippen molar-refractivity contribution in [3.63, 3.8) is 0 Å². The Morgan fingerprint density at radius 1 is 0.950 bits per heavy atom. The Morgan fingerprint density at radius 2 is 1.55 bits per heavy atom.